The van der Waals surface area contributed by atoms with Gasteiger partial charge in [-0.3, -0.25) is 4.79 Å². The Labute approximate surface area is 156 Å². The van der Waals surface area contributed by atoms with Gasteiger partial charge in [-0.15, -0.1) is 13.2 Å². The number of carbonyl (C=O) groups excluding carboxylic acids is 1. The maximum atomic E-state index is 12.6. The van der Waals surface area contributed by atoms with Gasteiger partial charge in [0.1, 0.15) is 5.60 Å². The summed E-state index contributed by atoms with van der Waals surface area (Å²) in [6.07, 6.45) is 12.2. The molecule has 2 saturated heterocycles. The van der Waals surface area contributed by atoms with Gasteiger partial charge in [0, 0.05) is 24.7 Å². The van der Waals surface area contributed by atoms with Crippen molar-refractivity contribution in [1.82, 2.24) is 9.55 Å². The summed E-state index contributed by atoms with van der Waals surface area (Å²) in [6, 6.07) is -0.0252. The van der Waals surface area contributed by atoms with E-state index in [2.05, 4.69) is 35.7 Å². The van der Waals surface area contributed by atoms with Gasteiger partial charge in [-0.05, 0) is 25.8 Å². The van der Waals surface area contributed by atoms with E-state index in [4.69, 9.17) is 9.47 Å². The molecule has 0 saturated carbocycles. The Morgan fingerprint density at radius 3 is 2.69 bits per heavy atom. The van der Waals surface area contributed by atoms with Gasteiger partial charge in [-0.2, -0.15) is 0 Å². The van der Waals surface area contributed by atoms with Crippen LogP contribution in [0.5, 0.6) is 0 Å². The first-order valence-corrected chi connectivity index (χ1v) is 9.27. The fraction of sp³-hybridized carbons (Fsp3) is 0.524. The summed E-state index contributed by atoms with van der Waals surface area (Å²) in [4.78, 5) is 16.9. The zero-order valence-electron chi connectivity index (χ0n) is 16.1. The SMILES string of the molecule is C/C=C\C=C1/C(C)C(=O)OC2(CCOCC2)C1n1cncc1CC.C=C. The van der Waals surface area contributed by atoms with E-state index < -0.39 is 5.60 Å². The molecule has 26 heavy (non-hydrogen) atoms. The number of aryl methyl sites for hydroxylation is 1. The van der Waals surface area contributed by atoms with Crippen molar-refractivity contribution in [3.63, 3.8) is 0 Å². The summed E-state index contributed by atoms with van der Waals surface area (Å²) in [5, 5.41) is 0. The van der Waals surface area contributed by atoms with Crippen molar-refractivity contribution in [2.75, 3.05) is 13.2 Å². The van der Waals surface area contributed by atoms with Crippen molar-refractivity contribution in [2.24, 2.45) is 5.92 Å². The zero-order valence-corrected chi connectivity index (χ0v) is 16.1. The third-order valence-electron chi connectivity index (χ3n) is 5.18. The third kappa shape index (κ3) is 3.68. The predicted octanol–water partition coefficient (Wildman–Crippen LogP) is 4.03. The molecule has 5 nitrogen and oxygen atoms in total. The number of imidazole rings is 1. The van der Waals surface area contributed by atoms with E-state index in [1.807, 2.05) is 38.5 Å². The first-order valence-electron chi connectivity index (χ1n) is 9.27. The summed E-state index contributed by atoms with van der Waals surface area (Å²) in [5.74, 6) is -0.395. The largest absolute Gasteiger partial charge is 0.456 e. The Hall–Kier alpha value is -2.14. The van der Waals surface area contributed by atoms with Crippen molar-refractivity contribution < 1.29 is 14.3 Å². The summed E-state index contributed by atoms with van der Waals surface area (Å²) in [5.41, 5.74) is 1.71. The molecule has 0 radical (unpaired) electrons. The number of nitrogens with zero attached hydrogens (tertiary/aromatic N) is 2. The molecule has 3 heterocycles. The minimum atomic E-state index is -0.542. The van der Waals surface area contributed by atoms with Gasteiger partial charge in [0.05, 0.1) is 31.5 Å². The number of ether oxygens (including phenoxy) is 2. The highest BCUT2D eigenvalue weighted by Crippen LogP contribution is 2.47. The highest BCUT2D eigenvalue weighted by atomic mass is 16.6. The van der Waals surface area contributed by atoms with Crippen LogP contribution in [-0.2, 0) is 20.7 Å². The molecule has 0 aromatic carbocycles. The summed E-state index contributed by atoms with van der Waals surface area (Å²) < 4.78 is 13.8. The molecule has 1 spiro atoms. The molecular weight excluding hydrogens is 328 g/mol. The molecule has 0 N–H and O–H groups in total. The number of rotatable bonds is 3. The minimum absolute atomic E-state index is 0.0252. The molecular formula is C21H30N2O3. The molecule has 3 rings (SSSR count). The Bertz CT molecular complexity index is 669. The van der Waals surface area contributed by atoms with Gasteiger partial charge in [0.15, 0.2) is 0 Å². The van der Waals surface area contributed by atoms with Crippen LogP contribution >= 0.6 is 0 Å². The Morgan fingerprint density at radius 1 is 1.38 bits per heavy atom. The van der Waals surface area contributed by atoms with Crippen molar-refractivity contribution >= 4 is 5.97 Å². The Kier molecular flexibility index (Phi) is 6.98. The molecule has 2 aliphatic heterocycles. The maximum Gasteiger partial charge on any atom is 0.313 e. The Balaban J connectivity index is 0.00000117. The molecule has 0 amide bonds. The maximum absolute atomic E-state index is 12.6. The van der Waals surface area contributed by atoms with E-state index in [9.17, 15) is 4.79 Å². The normalized spacial score (nSPS) is 26.6. The van der Waals surface area contributed by atoms with Crippen LogP contribution in [0.4, 0.5) is 0 Å². The lowest BCUT2D eigenvalue weighted by molar-refractivity contribution is -0.187. The molecule has 2 aliphatic rings. The van der Waals surface area contributed by atoms with Crippen LogP contribution in [0.3, 0.4) is 0 Å². The molecule has 0 bridgehead atoms. The summed E-state index contributed by atoms with van der Waals surface area (Å²) in [6.45, 7) is 13.3. The van der Waals surface area contributed by atoms with E-state index >= 15 is 0 Å². The van der Waals surface area contributed by atoms with Gasteiger partial charge in [0.2, 0.25) is 0 Å². The monoisotopic (exact) mass is 358 g/mol. The van der Waals surface area contributed by atoms with Crippen LogP contribution in [0.1, 0.15) is 45.3 Å². The van der Waals surface area contributed by atoms with E-state index in [1.165, 1.54) is 0 Å². The van der Waals surface area contributed by atoms with Crippen LogP contribution in [0.15, 0.2) is 49.5 Å². The van der Waals surface area contributed by atoms with E-state index in [0.29, 0.717) is 26.1 Å². The second-order valence-electron chi connectivity index (χ2n) is 6.56. The van der Waals surface area contributed by atoms with Crippen molar-refractivity contribution in [3.05, 3.63) is 55.2 Å². The fourth-order valence-corrected chi connectivity index (χ4v) is 3.81. The quantitative estimate of drug-likeness (QED) is 0.605. The lowest BCUT2D eigenvalue weighted by Gasteiger charge is -2.49. The van der Waals surface area contributed by atoms with Crippen molar-refractivity contribution in [2.45, 2.75) is 51.7 Å². The Morgan fingerprint density at radius 2 is 2.08 bits per heavy atom. The predicted molar refractivity (Wildman–Crippen MR) is 103 cm³/mol. The van der Waals surface area contributed by atoms with Crippen LogP contribution in [0, 0.1) is 5.92 Å². The van der Waals surface area contributed by atoms with Gasteiger partial charge in [0.25, 0.3) is 0 Å². The van der Waals surface area contributed by atoms with Gasteiger partial charge in [-0.1, -0.05) is 25.2 Å². The minimum Gasteiger partial charge on any atom is -0.456 e. The molecule has 2 atom stereocenters. The number of aromatic nitrogens is 2. The summed E-state index contributed by atoms with van der Waals surface area (Å²) in [7, 11) is 0. The molecule has 2 fully saturated rings. The van der Waals surface area contributed by atoms with Crippen LogP contribution in [0.2, 0.25) is 0 Å². The van der Waals surface area contributed by atoms with Crippen LogP contribution < -0.4 is 0 Å². The average Bonchev–Trinajstić information content (AvgIpc) is 3.14. The number of allylic oxidation sites excluding steroid dienone is 3. The highest BCUT2D eigenvalue weighted by molar-refractivity contribution is 5.78. The van der Waals surface area contributed by atoms with Crippen LogP contribution in [0.25, 0.3) is 0 Å². The molecule has 5 heteroatoms. The van der Waals surface area contributed by atoms with Gasteiger partial charge >= 0.3 is 5.97 Å². The van der Waals surface area contributed by atoms with Gasteiger partial charge < -0.3 is 14.0 Å². The first kappa shape index (κ1) is 20.2. The third-order valence-corrected chi connectivity index (χ3v) is 5.18. The topological polar surface area (TPSA) is 53.4 Å². The van der Waals surface area contributed by atoms with Crippen molar-refractivity contribution in [1.29, 1.82) is 0 Å². The van der Waals surface area contributed by atoms with E-state index in [1.54, 1.807) is 0 Å². The standard InChI is InChI=1S/C19H26N2O3.C2H4/c1-4-6-7-16-14(3)18(22)24-19(8-10-23-11-9-19)17(16)21-13-20-12-15(21)5-2;1-2/h4,6-7,12-14,17H,5,8-11H2,1-3H3;1-2H2/b6-4-,16-7+;. The lowest BCUT2D eigenvalue weighted by Crippen LogP contribution is -2.54. The highest BCUT2D eigenvalue weighted by Gasteiger charge is 2.52. The molecule has 142 valence electrons. The zero-order chi connectivity index (χ0) is 19.2. The van der Waals surface area contributed by atoms with Crippen LogP contribution in [-0.4, -0.2) is 34.3 Å². The summed E-state index contributed by atoms with van der Waals surface area (Å²) >= 11 is 0. The molecule has 1 aromatic rings. The van der Waals surface area contributed by atoms with E-state index in [-0.39, 0.29) is 17.9 Å². The number of hydrogen-bond donors (Lipinski definition) is 0. The lowest BCUT2D eigenvalue weighted by atomic mass is 9.75. The smallest absolute Gasteiger partial charge is 0.313 e. The number of esters is 1. The average molecular weight is 358 g/mol. The number of carbonyl (C=O) groups is 1. The fourth-order valence-electron chi connectivity index (χ4n) is 3.81. The second kappa shape index (κ2) is 8.99. The second-order valence-corrected chi connectivity index (χ2v) is 6.56. The number of hydrogen-bond acceptors (Lipinski definition) is 4. The molecule has 2 unspecified atom stereocenters. The molecule has 0 aliphatic carbocycles. The molecule has 1 aromatic heterocycles. The first-order chi connectivity index (χ1) is 12.6. The van der Waals surface area contributed by atoms with E-state index in [0.717, 1.165) is 17.7 Å². The van der Waals surface area contributed by atoms with Gasteiger partial charge in [-0.25, -0.2) is 4.98 Å². The van der Waals surface area contributed by atoms with Crippen molar-refractivity contribution in [3.8, 4) is 0 Å².